The fourth-order valence-electron chi connectivity index (χ4n) is 2.53. The van der Waals surface area contributed by atoms with Crippen LogP contribution in [0.25, 0.3) is 0 Å². The summed E-state index contributed by atoms with van der Waals surface area (Å²) in [6, 6.07) is 11.0. The van der Waals surface area contributed by atoms with Gasteiger partial charge in [-0.1, -0.05) is 18.2 Å². The molecule has 1 fully saturated rings. The molecule has 2 heterocycles. The Morgan fingerprint density at radius 2 is 1.96 bits per heavy atom. The van der Waals surface area contributed by atoms with E-state index in [0.29, 0.717) is 18.9 Å². The highest BCUT2D eigenvalue weighted by molar-refractivity contribution is 5.77. The van der Waals surface area contributed by atoms with Gasteiger partial charge in [0.1, 0.15) is 18.0 Å². The monoisotopic (exact) mass is 359 g/mol. The Balaban J connectivity index is 1.56. The van der Waals surface area contributed by atoms with Crippen LogP contribution in [0.1, 0.15) is 0 Å². The van der Waals surface area contributed by atoms with Gasteiger partial charge in [-0.3, -0.25) is 4.79 Å². The van der Waals surface area contributed by atoms with Crippen molar-refractivity contribution in [2.24, 2.45) is 0 Å². The largest absolute Gasteiger partial charge is 0.490 e. The zero-order valence-electron chi connectivity index (χ0n) is 14.3. The molecule has 1 atom stereocenters. The molecule has 1 aliphatic heterocycles. The van der Waals surface area contributed by atoms with Crippen LogP contribution in [-0.4, -0.2) is 71.0 Å². The lowest BCUT2D eigenvalue weighted by Crippen LogP contribution is -2.51. The number of hydrogen-bond acceptors (Lipinski definition) is 7. The molecule has 26 heavy (non-hydrogen) atoms. The molecule has 2 aromatic rings. The van der Waals surface area contributed by atoms with Gasteiger partial charge in [-0.2, -0.15) is 0 Å². The van der Waals surface area contributed by atoms with Crippen molar-refractivity contribution in [1.29, 1.82) is 0 Å². The van der Waals surface area contributed by atoms with Gasteiger partial charge in [-0.15, -0.1) is 0 Å². The quantitative estimate of drug-likeness (QED) is 0.804. The van der Waals surface area contributed by atoms with Gasteiger partial charge >= 0.3 is 6.01 Å². The summed E-state index contributed by atoms with van der Waals surface area (Å²) in [5.41, 5.74) is -1.30. The molecule has 0 spiro atoms. The third kappa shape index (κ3) is 5.14. The number of hydrogen-bond donors (Lipinski definition) is 1. The van der Waals surface area contributed by atoms with E-state index in [1.54, 1.807) is 18.2 Å². The predicted molar refractivity (Wildman–Crippen MR) is 91.8 cm³/mol. The molecule has 138 valence electrons. The molecule has 0 radical (unpaired) electrons. The van der Waals surface area contributed by atoms with Crippen molar-refractivity contribution in [3.8, 4) is 11.8 Å². The van der Waals surface area contributed by atoms with E-state index in [2.05, 4.69) is 9.97 Å². The van der Waals surface area contributed by atoms with E-state index in [9.17, 15) is 9.90 Å². The summed E-state index contributed by atoms with van der Waals surface area (Å²) in [6.45, 7) is 0.694. The number of β-amino-alcohol motifs (C(OH)–C–C–N with tert-alkyl or cyclic N) is 1. The smallest absolute Gasteiger partial charge is 0.316 e. The molecule has 1 unspecified atom stereocenters. The average molecular weight is 359 g/mol. The molecule has 0 saturated carbocycles. The molecule has 8 heteroatoms. The molecule has 1 N–H and O–H groups in total. The topological polar surface area (TPSA) is 94.0 Å². The summed E-state index contributed by atoms with van der Waals surface area (Å²) < 4.78 is 16.4. The van der Waals surface area contributed by atoms with E-state index in [1.807, 2.05) is 18.2 Å². The van der Waals surface area contributed by atoms with Crippen LogP contribution in [0, 0.1) is 0 Å². The number of carbonyl (C=O) groups excluding carboxylic acids is 1. The van der Waals surface area contributed by atoms with Crippen LogP contribution in [-0.2, 0) is 9.53 Å². The number of para-hydroxylation sites is 1. The number of benzene rings is 1. The van der Waals surface area contributed by atoms with Gasteiger partial charge in [-0.05, 0) is 18.2 Å². The second kappa shape index (κ2) is 8.59. The lowest BCUT2D eigenvalue weighted by atomic mass is 10.1. The van der Waals surface area contributed by atoms with Crippen LogP contribution in [0.4, 0.5) is 0 Å². The summed E-state index contributed by atoms with van der Waals surface area (Å²) in [5.74, 6) is 0.369. The van der Waals surface area contributed by atoms with Crippen LogP contribution in [0.3, 0.4) is 0 Å². The molecule has 1 saturated heterocycles. The Kier molecular flexibility index (Phi) is 5.98. The normalized spacial score (nSPS) is 20.3. The maximum Gasteiger partial charge on any atom is 0.316 e. The first-order valence-electron chi connectivity index (χ1n) is 8.30. The van der Waals surface area contributed by atoms with Crippen molar-refractivity contribution in [2.75, 3.05) is 39.5 Å². The standard InChI is InChI=1S/C18H21N3O5/c22-16(11-25-17-19-7-4-8-20-17)21-9-10-24-13-18(23,12-21)14-26-15-5-2-1-3-6-15/h1-8,23H,9-14H2. The minimum absolute atomic E-state index is 0.0173. The number of rotatable bonds is 6. The molecular weight excluding hydrogens is 338 g/mol. The Morgan fingerprint density at radius 3 is 2.73 bits per heavy atom. The molecular formula is C18H21N3O5. The number of ether oxygens (including phenoxy) is 3. The third-order valence-electron chi connectivity index (χ3n) is 3.83. The third-order valence-corrected chi connectivity index (χ3v) is 3.83. The van der Waals surface area contributed by atoms with E-state index in [-0.39, 0.29) is 38.3 Å². The Hall–Kier alpha value is -2.71. The summed E-state index contributed by atoms with van der Waals surface area (Å²) >= 11 is 0. The van der Waals surface area contributed by atoms with Crippen LogP contribution in [0.15, 0.2) is 48.8 Å². The lowest BCUT2D eigenvalue weighted by molar-refractivity contribution is -0.137. The number of aromatic nitrogens is 2. The number of carbonyl (C=O) groups is 1. The highest BCUT2D eigenvalue weighted by atomic mass is 16.5. The van der Waals surface area contributed by atoms with Crippen molar-refractivity contribution < 1.29 is 24.1 Å². The fourth-order valence-corrected chi connectivity index (χ4v) is 2.53. The Bertz CT molecular complexity index is 700. The number of amides is 1. The van der Waals surface area contributed by atoms with Gasteiger partial charge in [-0.25, -0.2) is 9.97 Å². The van der Waals surface area contributed by atoms with E-state index in [0.717, 1.165) is 0 Å². The summed E-state index contributed by atoms with van der Waals surface area (Å²) in [4.78, 5) is 21.7. The maximum atomic E-state index is 12.4. The SMILES string of the molecule is O=C(COc1ncccn1)N1CCOCC(O)(COc2ccccc2)C1. The van der Waals surface area contributed by atoms with Crippen LogP contribution >= 0.6 is 0 Å². The van der Waals surface area contributed by atoms with E-state index in [4.69, 9.17) is 14.2 Å². The molecule has 0 aliphatic carbocycles. The van der Waals surface area contributed by atoms with Crippen LogP contribution < -0.4 is 9.47 Å². The van der Waals surface area contributed by atoms with Crippen molar-refractivity contribution in [2.45, 2.75) is 5.60 Å². The van der Waals surface area contributed by atoms with Gasteiger partial charge in [0.2, 0.25) is 0 Å². The van der Waals surface area contributed by atoms with Crippen LogP contribution in [0.5, 0.6) is 11.8 Å². The van der Waals surface area contributed by atoms with Gasteiger partial charge in [0, 0.05) is 18.9 Å². The second-order valence-corrected chi connectivity index (χ2v) is 6.01. The molecule has 1 aromatic heterocycles. The second-order valence-electron chi connectivity index (χ2n) is 6.01. The highest BCUT2D eigenvalue weighted by Crippen LogP contribution is 2.16. The fraction of sp³-hybridized carbons (Fsp3) is 0.389. The first-order valence-corrected chi connectivity index (χ1v) is 8.30. The van der Waals surface area contributed by atoms with Gasteiger partial charge in [0.25, 0.3) is 5.91 Å². The van der Waals surface area contributed by atoms with Crippen molar-refractivity contribution in [3.63, 3.8) is 0 Å². The van der Waals surface area contributed by atoms with Gasteiger partial charge in [0.05, 0.1) is 19.8 Å². The van der Waals surface area contributed by atoms with Crippen molar-refractivity contribution in [1.82, 2.24) is 14.9 Å². The summed E-state index contributed by atoms with van der Waals surface area (Å²) in [6.07, 6.45) is 3.07. The van der Waals surface area contributed by atoms with E-state index >= 15 is 0 Å². The first-order chi connectivity index (χ1) is 12.6. The maximum absolute atomic E-state index is 12.4. The zero-order chi connectivity index (χ0) is 18.2. The predicted octanol–water partition coefficient (Wildman–Crippen LogP) is 0.524. The Labute approximate surface area is 151 Å². The van der Waals surface area contributed by atoms with Crippen molar-refractivity contribution in [3.05, 3.63) is 48.8 Å². The highest BCUT2D eigenvalue weighted by Gasteiger charge is 2.35. The molecule has 1 aromatic carbocycles. The summed E-state index contributed by atoms with van der Waals surface area (Å²) in [5, 5.41) is 10.8. The Morgan fingerprint density at radius 1 is 1.19 bits per heavy atom. The molecule has 3 rings (SSSR count). The van der Waals surface area contributed by atoms with Crippen LogP contribution in [0.2, 0.25) is 0 Å². The summed E-state index contributed by atoms with van der Waals surface area (Å²) in [7, 11) is 0. The minimum Gasteiger partial charge on any atom is -0.490 e. The molecule has 0 bridgehead atoms. The minimum atomic E-state index is -1.30. The average Bonchev–Trinajstić information content (AvgIpc) is 2.88. The number of aliphatic hydroxyl groups is 1. The molecule has 1 aliphatic rings. The van der Waals surface area contributed by atoms with Gasteiger partial charge < -0.3 is 24.2 Å². The van der Waals surface area contributed by atoms with E-state index in [1.165, 1.54) is 17.3 Å². The van der Waals surface area contributed by atoms with E-state index < -0.39 is 5.60 Å². The molecule has 8 nitrogen and oxygen atoms in total. The first kappa shape index (κ1) is 18.1. The zero-order valence-corrected chi connectivity index (χ0v) is 14.3. The molecule has 1 amide bonds. The number of nitrogens with zero attached hydrogens (tertiary/aromatic N) is 3. The van der Waals surface area contributed by atoms with Gasteiger partial charge in [0.15, 0.2) is 6.61 Å². The lowest BCUT2D eigenvalue weighted by Gasteiger charge is -2.30. The van der Waals surface area contributed by atoms with Crippen molar-refractivity contribution >= 4 is 5.91 Å².